The second-order valence-corrected chi connectivity index (χ2v) is 7.39. The Morgan fingerprint density at radius 1 is 1.36 bits per heavy atom. The van der Waals surface area contributed by atoms with Crippen molar-refractivity contribution < 1.29 is 0 Å². The van der Waals surface area contributed by atoms with Crippen molar-refractivity contribution in [3.05, 3.63) is 34.0 Å². The zero-order chi connectivity index (χ0) is 18.0. The molecule has 0 amide bonds. The number of thiophene rings is 1. The third kappa shape index (κ3) is 2.57. The number of nitrogens with zero attached hydrogens (tertiary/aromatic N) is 4. The first-order valence-corrected chi connectivity index (χ1v) is 9.32. The maximum Gasteiger partial charge on any atom is 0.189 e. The molecule has 6 heteroatoms. The lowest BCUT2D eigenvalue weighted by molar-refractivity contribution is 0.204. The number of nitriles is 3. The fourth-order valence-electron chi connectivity index (χ4n) is 4.19. The van der Waals surface area contributed by atoms with Gasteiger partial charge in [-0.1, -0.05) is 13.0 Å². The fraction of sp³-hybridized carbons (Fsp3) is 0.474. The summed E-state index contributed by atoms with van der Waals surface area (Å²) in [6.07, 6.45) is 3.07. The largest absolute Gasteiger partial charge is 0.305 e. The van der Waals surface area contributed by atoms with Gasteiger partial charge in [0.05, 0.1) is 23.9 Å². The summed E-state index contributed by atoms with van der Waals surface area (Å²) in [4.78, 5) is 2.30. The van der Waals surface area contributed by atoms with E-state index in [4.69, 9.17) is 5.41 Å². The zero-order valence-corrected chi connectivity index (χ0v) is 14.9. The highest BCUT2D eigenvalue weighted by molar-refractivity contribution is 7.08. The molecule has 0 aromatic carbocycles. The summed E-state index contributed by atoms with van der Waals surface area (Å²) in [5, 5.41) is 41.9. The molecule has 1 aliphatic heterocycles. The molecule has 5 nitrogen and oxygen atoms in total. The van der Waals surface area contributed by atoms with E-state index in [1.54, 1.807) is 0 Å². The predicted molar refractivity (Wildman–Crippen MR) is 95.9 cm³/mol. The molecule has 2 heterocycles. The Bertz CT molecular complexity index is 803. The van der Waals surface area contributed by atoms with Gasteiger partial charge < -0.3 is 5.41 Å². The van der Waals surface area contributed by atoms with Crippen LogP contribution >= 0.6 is 11.3 Å². The first-order valence-electron chi connectivity index (χ1n) is 8.38. The second kappa shape index (κ2) is 6.81. The number of fused-ring (bicyclic) bond motifs is 1. The maximum atomic E-state index is 9.90. The average Bonchev–Trinajstić information content (AvgIpc) is 3.15. The molecule has 0 radical (unpaired) electrons. The van der Waals surface area contributed by atoms with Crippen molar-refractivity contribution in [2.75, 3.05) is 19.6 Å². The molecule has 0 saturated heterocycles. The van der Waals surface area contributed by atoms with Gasteiger partial charge in [0.1, 0.15) is 5.92 Å². The van der Waals surface area contributed by atoms with Gasteiger partial charge in [-0.15, -0.1) is 0 Å². The normalized spacial score (nSPS) is 28.2. The highest BCUT2D eigenvalue weighted by Gasteiger charge is 2.57. The first-order chi connectivity index (χ1) is 12.1. The van der Waals surface area contributed by atoms with Crippen molar-refractivity contribution in [3.63, 3.8) is 0 Å². The highest BCUT2D eigenvalue weighted by Crippen LogP contribution is 2.53. The Morgan fingerprint density at radius 2 is 2.12 bits per heavy atom. The standard InChI is InChI=1S/C19H19N5S/c1-2-5-24-6-3-14-15(8-20)18(23)19(11-21,12-22)17(16(14)9-24)13-4-7-25-10-13/h3-4,7,10,15-17,23H,2,5-6,9H2,1H3. The van der Waals surface area contributed by atoms with E-state index in [1.807, 2.05) is 22.9 Å². The molecular weight excluding hydrogens is 330 g/mol. The molecule has 0 spiro atoms. The zero-order valence-electron chi connectivity index (χ0n) is 14.1. The van der Waals surface area contributed by atoms with Crippen LogP contribution in [0.1, 0.15) is 24.8 Å². The van der Waals surface area contributed by atoms with E-state index in [2.05, 4.69) is 30.0 Å². The molecule has 126 valence electrons. The van der Waals surface area contributed by atoms with E-state index in [0.29, 0.717) is 0 Å². The van der Waals surface area contributed by atoms with Crippen molar-refractivity contribution in [2.45, 2.75) is 19.3 Å². The average molecular weight is 349 g/mol. The molecule has 0 bridgehead atoms. The van der Waals surface area contributed by atoms with Gasteiger partial charge in [-0.05, 0) is 40.9 Å². The lowest BCUT2D eigenvalue weighted by Gasteiger charge is -2.47. The minimum atomic E-state index is -1.58. The monoisotopic (exact) mass is 349 g/mol. The lowest BCUT2D eigenvalue weighted by Crippen LogP contribution is -2.52. The minimum Gasteiger partial charge on any atom is -0.305 e. The quantitative estimate of drug-likeness (QED) is 0.846. The molecule has 3 rings (SSSR count). The molecule has 25 heavy (non-hydrogen) atoms. The van der Waals surface area contributed by atoms with Crippen LogP contribution in [-0.4, -0.2) is 30.2 Å². The van der Waals surface area contributed by atoms with Crippen LogP contribution in [0.2, 0.25) is 0 Å². The summed E-state index contributed by atoms with van der Waals surface area (Å²) in [5.41, 5.74) is 0.182. The Balaban J connectivity index is 2.18. The summed E-state index contributed by atoms with van der Waals surface area (Å²) in [7, 11) is 0. The molecular formula is C19H19N5S. The van der Waals surface area contributed by atoms with Crippen LogP contribution in [0.5, 0.6) is 0 Å². The molecule has 3 unspecified atom stereocenters. The van der Waals surface area contributed by atoms with E-state index in [0.717, 1.165) is 37.2 Å². The third-order valence-corrected chi connectivity index (χ3v) is 6.01. The van der Waals surface area contributed by atoms with Crippen LogP contribution in [0, 0.1) is 56.7 Å². The van der Waals surface area contributed by atoms with Crippen molar-refractivity contribution in [2.24, 2.45) is 17.3 Å². The smallest absolute Gasteiger partial charge is 0.189 e. The summed E-state index contributed by atoms with van der Waals surface area (Å²) in [5.74, 6) is -1.27. The van der Waals surface area contributed by atoms with Crippen LogP contribution in [0.4, 0.5) is 0 Å². The molecule has 3 atom stereocenters. The van der Waals surface area contributed by atoms with Crippen molar-refractivity contribution in [1.29, 1.82) is 21.2 Å². The molecule has 2 aliphatic rings. The van der Waals surface area contributed by atoms with Crippen LogP contribution in [0.25, 0.3) is 0 Å². The van der Waals surface area contributed by atoms with E-state index in [9.17, 15) is 15.8 Å². The first kappa shape index (κ1) is 17.4. The Labute approximate surface area is 151 Å². The van der Waals surface area contributed by atoms with Gasteiger partial charge in [-0.25, -0.2) is 0 Å². The van der Waals surface area contributed by atoms with Gasteiger partial charge in [0.2, 0.25) is 0 Å². The summed E-state index contributed by atoms with van der Waals surface area (Å²) in [6.45, 7) is 4.54. The van der Waals surface area contributed by atoms with Gasteiger partial charge in [0.25, 0.3) is 0 Å². The van der Waals surface area contributed by atoms with Gasteiger partial charge in [-0.3, -0.25) is 4.90 Å². The molecule has 1 fully saturated rings. The molecule has 1 N–H and O–H groups in total. The number of hydrogen-bond donors (Lipinski definition) is 1. The van der Waals surface area contributed by atoms with Crippen LogP contribution in [0.15, 0.2) is 28.5 Å². The Morgan fingerprint density at radius 3 is 2.68 bits per heavy atom. The van der Waals surface area contributed by atoms with E-state index in [1.165, 1.54) is 11.3 Å². The molecule has 1 saturated carbocycles. The maximum absolute atomic E-state index is 9.90. The predicted octanol–water partition coefficient (Wildman–Crippen LogP) is 3.31. The van der Waals surface area contributed by atoms with E-state index in [-0.39, 0.29) is 11.6 Å². The minimum absolute atomic E-state index is 0.0670. The molecule has 1 aromatic heterocycles. The number of hydrogen-bond acceptors (Lipinski definition) is 6. The van der Waals surface area contributed by atoms with Crippen LogP contribution in [-0.2, 0) is 0 Å². The van der Waals surface area contributed by atoms with E-state index >= 15 is 0 Å². The van der Waals surface area contributed by atoms with Gasteiger partial charge in [-0.2, -0.15) is 27.1 Å². The number of rotatable bonds is 3. The summed E-state index contributed by atoms with van der Waals surface area (Å²) < 4.78 is 0. The topological polar surface area (TPSA) is 98.5 Å². The van der Waals surface area contributed by atoms with Gasteiger partial charge in [0.15, 0.2) is 5.41 Å². The summed E-state index contributed by atoms with van der Waals surface area (Å²) in [6, 6.07) is 8.36. The fourth-order valence-corrected chi connectivity index (χ4v) is 4.89. The van der Waals surface area contributed by atoms with Crippen LogP contribution < -0.4 is 0 Å². The van der Waals surface area contributed by atoms with Crippen molar-refractivity contribution in [3.8, 4) is 18.2 Å². The third-order valence-electron chi connectivity index (χ3n) is 5.31. The van der Waals surface area contributed by atoms with Gasteiger partial charge >= 0.3 is 0 Å². The Hall–Kier alpha value is -2.46. The highest BCUT2D eigenvalue weighted by atomic mass is 32.1. The second-order valence-electron chi connectivity index (χ2n) is 6.61. The summed E-state index contributed by atoms with van der Waals surface area (Å²) >= 11 is 1.53. The SMILES string of the molecule is CCCN1CC=C2C(C#N)C(=N)C(C#N)(C#N)C(c3ccsc3)C2C1. The van der Waals surface area contributed by atoms with Crippen LogP contribution in [0.3, 0.4) is 0 Å². The van der Waals surface area contributed by atoms with Crippen molar-refractivity contribution >= 4 is 17.0 Å². The Kier molecular flexibility index (Phi) is 4.73. The van der Waals surface area contributed by atoms with E-state index < -0.39 is 17.3 Å². The molecule has 1 aromatic rings. The molecule has 1 aliphatic carbocycles. The lowest BCUT2D eigenvalue weighted by atomic mass is 9.54. The van der Waals surface area contributed by atoms with Gasteiger partial charge in [0, 0.05) is 24.9 Å². The van der Waals surface area contributed by atoms with Crippen molar-refractivity contribution in [1.82, 2.24) is 4.90 Å². The number of nitrogens with one attached hydrogen (secondary N) is 1.